The summed E-state index contributed by atoms with van der Waals surface area (Å²) in [6, 6.07) is 15.8. The molecule has 0 fully saturated rings. The Bertz CT molecular complexity index is 803. The second-order valence-electron chi connectivity index (χ2n) is 7.70. The van der Waals surface area contributed by atoms with E-state index in [9.17, 15) is 4.79 Å². The molecule has 0 aliphatic heterocycles. The van der Waals surface area contributed by atoms with E-state index in [0.29, 0.717) is 12.5 Å². The molecule has 0 aliphatic rings. The average Bonchev–Trinajstić information content (AvgIpc) is 2.69. The summed E-state index contributed by atoms with van der Waals surface area (Å²) in [6.07, 6.45) is 3.10. The van der Waals surface area contributed by atoms with E-state index in [-0.39, 0.29) is 16.9 Å². The fourth-order valence-electron chi connectivity index (χ4n) is 2.96. The lowest BCUT2D eigenvalue weighted by Crippen LogP contribution is -2.36. The molecule has 1 amide bonds. The van der Waals surface area contributed by atoms with Crippen LogP contribution >= 0.6 is 12.2 Å². The highest BCUT2D eigenvalue weighted by molar-refractivity contribution is 7.80. The van der Waals surface area contributed by atoms with Crippen molar-refractivity contribution in [1.29, 1.82) is 0 Å². The molecule has 1 atom stereocenters. The van der Waals surface area contributed by atoms with Gasteiger partial charge in [0.25, 0.3) is 0 Å². The first kappa shape index (κ1) is 22.9. The molecule has 0 heterocycles. The van der Waals surface area contributed by atoms with E-state index in [2.05, 4.69) is 43.5 Å². The van der Waals surface area contributed by atoms with Crippen LogP contribution in [0.5, 0.6) is 5.75 Å². The van der Waals surface area contributed by atoms with Gasteiger partial charge in [-0.2, -0.15) is 0 Å². The van der Waals surface area contributed by atoms with Crippen molar-refractivity contribution in [3.05, 3.63) is 59.7 Å². The van der Waals surface area contributed by atoms with Crippen LogP contribution < -0.4 is 15.4 Å². The maximum Gasteiger partial charge on any atom is 0.233 e. The SMILES string of the molecule is CCCCOc1ccccc1NC(=S)NC(=O)C(C)c1ccc(CC(C)C)cc1. The lowest BCUT2D eigenvalue weighted by molar-refractivity contribution is -0.120. The summed E-state index contributed by atoms with van der Waals surface area (Å²) in [7, 11) is 0. The molecule has 0 radical (unpaired) electrons. The van der Waals surface area contributed by atoms with Gasteiger partial charge in [0.1, 0.15) is 5.75 Å². The second-order valence-corrected chi connectivity index (χ2v) is 8.11. The number of hydrogen-bond donors (Lipinski definition) is 2. The van der Waals surface area contributed by atoms with Gasteiger partial charge >= 0.3 is 0 Å². The van der Waals surface area contributed by atoms with Crippen LogP contribution in [0.15, 0.2) is 48.5 Å². The standard InChI is InChI=1S/C24H32N2O2S/c1-5-6-15-28-22-10-8-7-9-21(22)25-24(29)26-23(27)18(4)20-13-11-19(12-14-20)16-17(2)3/h7-14,17-18H,5-6,15-16H2,1-4H3,(H2,25,26,27,29). The molecule has 0 bridgehead atoms. The maximum atomic E-state index is 12.6. The third-order valence-corrected chi connectivity index (χ3v) is 4.85. The zero-order valence-electron chi connectivity index (χ0n) is 17.8. The molecule has 2 aromatic rings. The van der Waals surface area contributed by atoms with Crippen molar-refractivity contribution >= 4 is 28.9 Å². The number of amides is 1. The first-order chi connectivity index (χ1) is 13.9. The third kappa shape index (κ3) is 7.50. The van der Waals surface area contributed by atoms with Gasteiger partial charge in [0, 0.05) is 0 Å². The van der Waals surface area contributed by atoms with E-state index >= 15 is 0 Å². The molecule has 156 valence electrons. The number of benzene rings is 2. The Balaban J connectivity index is 1.94. The zero-order valence-corrected chi connectivity index (χ0v) is 18.6. The van der Waals surface area contributed by atoms with Gasteiger partial charge in [-0.3, -0.25) is 4.79 Å². The van der Waals surface area contributed by atoms with Gasteiger partial charge in [-0.1, -0.05) is 63.6 Å². The number of ether oxygens (including phenoxy) is 1. The van der Waals surface area contributed by atoms with Gasteiger partial charge in [-0.15, -0.1) is 0 Å². The molecular formula is C24H32N2O2S. The quantitative estimate of drug-likeness (QED) is 0.411. The highest BCUT2D eigenvalue weighted by Crippen LogP contribution is 2.24. The topological polar surface area (TPSA) is 50.4 Å². The van der Waals surface area contributed by atoms with Gasteiger partial charge in [0.05, 0.1) is 18.2 Å². The summed E-state index contributed by atoms with van der Waals surface area (Å²) in [5.41, 5.74) is 3.01. The fourth-order valence-corrected chi connectivity index (χ4v) is 3.17. The summed E-state index contributed by atoms with van der Waals surface area (Å²) < 4.78 is 5.80. The van der Waals surface area contributed by atoms with E-state index in [0.717, 1.165) is 36.3 Å². The van der Waals surface area contributed by atoms with E-state index < -0.39 is 0 Å². The van der Waals surface area contributed by atoms with Crippen molar-refractivity contribution in [3.63, 3.8) is 0 Å². The molecule has 0 aromatic heterocycles. The van der Waals surface area contributed by atoms with Crippen molar-refractivity contribution < 1.29 is 9.53 Å². The molecule has 4 nitrogen and oxygen atoms in total. The van der Waals surface area contributed by atoms with Crippen molar-refractivity contribution in [1.82, 2.24) is 5.32 Å². The molecule has 2 aromatic carbocycles. The Morgan fingerprint density at radius 2 is 1.76 bits per heavy atom. The third-order valence-electron chi connectivity index (χ3n) is 4.64. The summed E-state index contributed by atoms with van der Waals surface area (Å²) in [5, 5.41) is 6.14. The molecule has 2 rings (SSSR count). The molecule has 5 heteroatoms. The van der Waals surface area contributed by atoms with Gasteiger partial charge in [0.2, 0.25) is 5.91 Å². The van der Waals surface area contributed by atoms with Crippen LogP contribution in [0.4, 0.5) is 5.69 Å². The summed E-state index contributed by atoms with van der Waals surface area (Å²) in [6.45, 7) is 9.06. The van der Waals surface area contributed by atoms with E-state index in [1.165, 1.54) is 5.56 Å². The predicted octanol–water partition coefficient (Wildman–Crippen LogP) is 5.68. The Labute approximate surface area is 180 Å². The smallest absolute Gasteiger partial charge is 0.233 e. The molecule has 2 N–H and O–H groups in total. The van der Waals surface area contributed by atoms with Crippen LogP contribution in [0.2, 0.25) is 0 Å². The fraction of sp³-hybridized carbons (Fsp3) is 0.417. The van der Waals surface area contributed by atoms with Crippen LogP contribution in [-0.2, 0) is 11.2 Å². The number of thiocarbonyl (C=S) groups is 1. The Kier molecular flexibility index (Phi) is 9.13. The Hall–Kier alpha value is -2.40. The number of hydrogen-bond acceptors (Lipinski definition) is 3. The zero-order chi connectivity index (χ0) is 21.2. The Morgan fingerprint density at radius 1 is 1.07 bits per heavy atom. The highest BCUT2D eigenvalue weighted by atomic mass is 32.1. The normalized spacial score (nSPS) is 11.8. The van der Waals surface area contributed by atoms with E-state index in [4.69, 9.17) is 17.0 Å². The van der Waals surface area contributed by atoms with Crippen LogP contribution in [0.25, 0.3) is 0 Å². The summed E-state index contributed by atoms with van der Waals surface area (Å²) in [5.74, 6) is 0.910. The number of anilines is 1. The molecule has 0 aliphatic carbocycles. The second kappa shape index (κ2) is 11.6. The lowest BCUT2D eigenvalue weighted by atomic mass is 9.96. The van der Waals surface area contributed by atoms with Crippen LogP contribution in [0, 0.1) is 5.92 Å². The first-order valence-corrected chi connectivity index (χ1v) is 10.7. The van der Waals surface area contributed by atoms with E-state index in [1.54, 1.807) is 0 Å². The van der Waals surface area contributed by atoms with Gasteiger partial charge in [-0.05, 0) is 61.2 Å². The minimum absolute atomic E-state index is 0.136. The van der Waals surface area contributed by atoms with Crippen LogP contribution in [0.1, 0.15) is 57.6 Å². The lowest BCUT2D eigenvalue weighted by Gasteiger charge is -2.16. The largest absolute Gasteiger partial charge is 0.491 e. The molecule has 0 saturated carbocycles. The average molecular weight is 413 g/mol. The van der Waals surface area contributed by atoms with Gasteiger partial charge in [-0.25, -0.2) is 0 Å². The Morgan fingerprint density at radius 3 is 2.41 bits per heavy atom. The van der Waals surface area contributed by atoms with Crippen LogP contribution in [0.3, 0.4) is 0 Å². The van der Waals surface area contributed by atoms with E-state index in [1.807, 2.05) is 43.3 Å². The predicted molar refractivity (Wildman–Crippen MR) is 125 cm³/mol. The molecular weight excluding hydrogens is 380 g/mol. The minimum atomic E-state index is -0.293. The maximum absolute atomic E-state index is 12.6. The minimum Gasteiger partial charge on any atom is -0.491 e. The summed E-state index contributed by atoms with van der Waals surface area (Å²) in [4.78, 5) is 12.6. The monoisotopic (exact) mass is 412 g/mol. The number of rotatable bonds is 9. The first-order valence-electron chi connectivity index (χ1n) is 10.3. The number of nitrogens with one attached hydrogen (secondary N) is 2. The number of carbonyl (C=O) groups is 1. The van der Waals surface area contributed by atoms with Crippen molar-refractivity contribution in [2.24, 2.45) is 5.92 Å². The molecule has 29 heavy (non-hydrogen) atoms. The molecule has 0 spiro atoms. The molecule has 1 unspecified atom stereocenters. The van der Waals surface area contributed by atoms with Crippen LogP contribution in [-0.4, -0.2) is 17.6 Å². The number of carbonyl (C=O) groups excluding carboxylic acids is 1. The van der Waals surface area contributed by atoms with Crippen molar-refractivity contribution in [3.8, 4) is 5.75 Å². The van der Waals surface area contributed by atoms with Gasteiger partial charge < -0.3 is 15.4 Å². The highest BCUT2D eigenvalue weighted by Gasteiger charge is 2.17. The van der Waals surface area contributed by atoms with Crippen molar-refractivity contribution in [2.45, 2.75) is 52.9 Å². The number of para-hydroxylation sites is 2. The van der Waals surface area contributed by atoms with Gasteiger partial charge in [0.15, 0.2) is 5.11 Å². The number of unbranched alkanes of at least 4 members (excludes halogenated alkanes) is 1. The molecule has 0 saturated heterocycles. The van der Waals surface area contributed by atoms with Crippen molar-refractivity contribution in [2.75, 3.05) is 11.9 Å². The summed E-state index contributed by atoms with van der Waals surface area (Å²) >= 11 is 5.35.